The maximum atomic E-state index is 12.3. The molecule has 0 amide bonds. The third kappa shape index (κ3) is 3.73. The standard InChI is InChI=1S/C19H29NO3Si/c1-19(2,3)24(6,7)23-17(18(21)22-5)12-14-13-20(4)16-11-9-8-10-15(14)16/h8-11,13,17H,12H2,1-7H3/t17-/m0/s1. The summed E-state index contributed by atoms with van der Waals surface area (Å²) in [5, 5.41) is 1.20. The first-order valence-corrected chi connectivity index (χ1v) is 11.3. The fourth-order valence-electron chi connectivity index (χ4n) is 2.62. The molecule has 5 heteroatoms. The number of nitrogens with zero attached hydrogens (tertiary/aromatic N) is 1. The zero-order valence-corrected chi connectivity index (χ0v) is 16.8. The number of aromatic nitrogens is 1. The number of hydrogen-bond acceptors (Lipinski definition) is 3. The van der Waals surface area contributed by atoms with Gasteiger partial charge in [-0.05, 0) is 29.8 Å². The van der Waals surface area contributed by atoms with Crippen LogP contribution in [0.4, 0.5) is 0 Å². The lowest BCUT2D eigenvalue weighted by Crippen LogP contribution is -2.47. The van der Waals surface area contributed by atoms with Gasteiger partial charge in [-0.3, -0.25) is 0 Å². The van der Waals surface area contributed by atoms with Crippen LogP contribution in [0.15, 0.2) is 30.5 Å². The Labute approximate surface area is 145 Å². The number of hydrogen-bond donors (Lipinski definition) is 0. The summed E-state index contributed by atoms with van der Waals surface area (Å²) >= 11 is 0. The predicted octanol–water partition coefficient (Wildman–Crippen LogP) is 4.28. The maximum Gasteiger partial charge on any atom is 0.334 e. The lowest BCUT2D eigenvalue weighted by molar-refractivity contribution is -0.149. The van der Waals surface area contributed by atoms with Crippen LogP contribution in [0.2, 0.25) is 18.1 Å². The summed E-state index contributed by atoms with van der Waals surface area (Å²) in [6, 6.07) is 8.22. The number of carbonyl (C=O) groups excluding carboxylic acids is 1. The van der Waals surface area contributed by atoms with E-state index in [0.29, 0.717) is 6.42 Å². The minimum Gasteiger partial charge on any atom is -0.467 e. The largest absolute Gasteiger partial charge is 0.467 e. The summed E-state index contributed by atoms with van der Waals surface area (Å²) in [6.45, 7) is 10.8. The molecule has 0 aliphatic heterocycles. The molecule has 24 heavy (non-hydrogen) atoms. The van der Waals surface area contributed by atoms with E-state index >= 15 is 0 Å². The minimum atomic E-state index is -2.07. The Morgan fingerprint density at radius 2 is 1.88 bits per heavy atom. The Hall–Kier alpha value is -1.59. The van der Waals surface area contributed by atoms with Gasteiger partial charge in [0.05, 0.1) is 7.11 Å². The van der Waals surface area contributed by atoms with Crippen LogP contribution in [-0.4, -0.2) is 32.1 Å². The van der Waals surface area contributed by atoms with Crippen LogP contribution in [0.1, 0.15) is 26.3 Å². The molecule has 1 aromatic carbocycles. The second-order valence-corrected chi connectivity index (χ2v) is 12.6. The highest BCUT2D eigenvalue weighted by atomic mass is 28.4. The van der Waals surface area contributed by atoms with Crippen molar-refractivity contribution in [2.75, 3.05) is 7.11 Å². The van der Waals surface area contributed by atoms with Crippen molar-refractivity contribution in [1.82, 2.24) is 4.57 Å². The molecule has 0 bridgehead atoms. The Morgan fingerprint density at radius 1 is 1.25 bits per heavy atom. The van der Waals surface area contributed by atoms with Gasteiger partial charge in [-0.25, -0.2) is 4.79 Å². The summed E-state index contributed by atoms with van der Waals surface area (Å²) in [4.78, 5) is 12.3. The van der Waals surface area contributed by atoms with Gasteiger partial charge in [0.2, 0.25) is 0 Å². The molecule has 0 N–H and O–H groups in total. The second-order valence-electron chi connectivity index (χ2n) is 7.88. The minimum absolute atomic E-state index is 0.0397. The highest BCUT2D eigenvalue weighted by Crippen LogP contribution is 2.38. The second kappa shape index (κ2) is 6.73. The van der Waals surface area contributed by atoms with Gasteiger partial charge in [-0.2, -0.15) is 0 Å². The maximum absolute atomic E-state index is 12.3. The van der Waals surface area contributed by atoms with E-state index in [2.05, 4.69) is 56.8 Å². The molecule has 2 rings (SSSR count). The van der Waals surface area contributed by atoms with Gasteiger partial charge in [-0.1, -0.05) is 39.0 Å². The lowest BCUT2D eigenvalue weighted by atomic mass is 10.1. The van der Waals surface area contributed by atoms with Crippen molar-refractivity contribution in [3.8, 4) is 0 Å². The summed E-state index contributed by atoms with van der Waals surface area (Å²) < 4.78 is 13.5. The van der Waals surface area contributed by atoms with Crippen LogP contribution in [0.5, 0.6) is 0 Å². The molecule has 2 aromatic rings. The lowest BCUT2D eigenvalue weighted by Gasteiger charge is -2.38. The van der Waals surface area contributed by atoms with Crippen molar-refractivity contribution in [1.29, 1.82) is 0 Å². The molecule has 4 nitrogen and oxygen atoms in total. The van der Waals surface area contributed by atoms with Crippen molar-refractivity contribution in [2.45, 2.75) is 51.4 Å². The Bertz CT molecular complexity index is 728. The first kappa shape index (κ1) is 18.7. The first-order valence-electron chi connectivity index (χ1n) is 8.35. The van der Waals surface area contributed by atoms with Crippen molar-refractivity contribution in [2.24, 2.45) is 7.05 Å². The molecular weight excluding hydrogens is 318 g/mol. The number of methoxy groups -OCH3 is 1. The van der Waals surface area contributed by atoms with Crippen LogP contribution in [0.3, 0.4) is 0 Å². The molecule has 1 heterocycles. The van der Waals surface area contributed by atoms with Crippen LogP contribution >= 0.6 is 0 Å². The predicted molar refractivity (Wildman–Crippen MR) is 101 cm³/mol. The Kier molecular flexibility index (Phi) is 5.25. The highest BCUT2D eigenvalue weighted by molar-refractivity contribution is 6.74. The van der Waals surface area contributed by atoms with Crippen LogP contribution < -0.4 is 0 Å². The number of para-hydroxylation sites is 1. The summed E-state index contributed by atoms with van der Waals surface area (Å²) in [5.41, 5.74) is 2.27. The average Bonchev–Trinajstić information content (AvgIpc) is 2.81. The number of rotatable bonds is 5. The molecule has 0 spiro atoms. The van der Waals surface area contributed by atoms with E-state index in [4.69, 9.17) is 9.16 Å². The zero-order chi connectivity index (χ0) is 18.1. The Morgan fingerprint density at radius 3 is 2.46 bits per heavy atom. The van der Waals surface area contributed by atoms with Gasteiger partial charge in [0.1, 0.15) is 6.10 Å². The van der Waals surface area contributed by atoms with Gasteiger partial charge in [-0.15, -0.1) is 0 Å². The van der Waals surface area contributed by atoms with E-state index in [1.54, 1.807) is 0 Å². The fourth-order valence-corrected chi connectivity index (χ4v) is 3.87. The van der Waals surface area contributed by atoms with Crippen LogP contribution in [-0.2, 0) is 27.4 Å². The van der Waals surface area contributed by atoms with Gasteiger partial charge in [0.25, 0.3) is 0 Å². The summed E-state index contributed by atoms with van der Waals surface area (Å²) in [5.74, 6) is -0.298. The van der Waals surface area contributed by atoms with E-state index < -0.39 is 14.4 Å². The molecule has 1 aromatic heterocycles. The van der Waals surface area contributed by atoms with Crippen molar-refractivity contribution < 1.29 is 14.0 Å². The van der Waals surface area contributed by atoms with E-state index in [1.807, 2.05) is 19.2 Å². The molecule has 0 saturated carbocycles. The van der Waals surface area contributed by atoms with Crippen LogP contribution in [0.25, 0.3) is 10.9 Å². The zero-order valence-electron chi connectivity index (χ0n) is 15.8. The monoisotopic (exact) mass is 347 g/mol. The van der Waals surface area contributed by atoms with Crippen molar-refractivity contribution in [3.63, 3.8) is 0 Å². The first-order chi connectivity index (χ1) is 11.1. The quantitative estimate of drug-likeness (QED) is 0.598. The van der Waals surface area contributed by atoms with E-state index in [9.17, 15) is 4.79 Å². The number of esters is 1. The van der Waals surface area contributed by atoms with E-state index in [0.717, 1.165) is 16.5 Å². The molecule has 1 atom stereocenters. The Balaban J connectivity index is 2.34. The van der Waals surface area contributed by atoms with Crippen LogP contribution in [0, 0.1) is 0 Å². The molecule has 0 fully saturated rings. The number of carbonyl (C=O) groups is 1. The van der Waals surface area contributed by atoms with E-state index in [-0.39, 0.29) is 11.0 Å². The number of benzene rings is 1. The summed E-state index contributed by atoms with van der Waals surface area (Å²) in [6.07, 6.45) is 2.04. The number of fused-ring (bicyclic) bond motifs is 1. The van der Waals surface area contributed by atoms with E-state index in [1.165, 1.54) is 7.11 Å². The molecular formula is C19H29NO3Si. The third-order valence-corrected chi connectivity index (χ3v) is 9.58. The fraction of sp³-hybridized carbons (Fsp3) is 0.526. The topological polar surface area (TPSA) is 40.5 Å². The van der Waals surface area contributed by atoms with Gasteiger partial charge < -0.3 is 13.7 Å². The van der Waals surface area contributed by atoms with Gasteiger partial charge >= 0.3 is 5.97 Å². The van der Waals surface area contributed by atoms with Gasteiger partial charge in [0.15, 0.2) is 8.32 Å². The molecule has 132 valence electrons. The molecule has 0 aliphatic carbocycles. The molecule has 0 radical (unpaired) electrons. The number of ether oxygens (including phenoxy) is 1. The van der Waals surface area contributed by atoms with Crippen molar-refractivity contribution >= 4 is 25.2 Å². The SMILES string of the molecule is COC(=O)[C@H](Cc1cn(C)c2ccccc12)O[Si](C)(C)C(C)(C)C. The molecule has 0 saturated heterocycles. The average molecular weight is 348 g/mol. The van der Waals surface area contributed by atoms with Crippen molar-refractivity contribution in [3.05, 3.63) is 36.0 Å². The smallest absolute Gasteiger partial charge is 0.334 e. The van der Waals surface area contributed by atoms with Gasteiger partial charge in [0, 0.05) is 30.6 Å². The highest BCUT2D eigenvalue weighted by Gasteiger charge is 2.41. The number of aryl methyl sites for hydroxylation is 1. The third-order valence-electron chi connectivity index (χ3n) is 5.09. The normalized spacial score (nSPS) is 14.0. The molecule has 0 aliphatic rings. The molecule has 0 unspecified atom stereocenters. The summed E-state index contributed by atoms with van der Waals surface area (Å²) in [7, 11) is 1.38.